The Bertz CT molecular complexity index is 959. The van der Waals surface area contributed by atoms with Crippen LogP contribution in [0.2, 0.25) is 0 Å². The summed E-state index contributed by atoms with van der Waals surface area (Å²) in [6.07, 6.45) is 0. The Kier molecular flexibility index (Phi) is 5.91. The summed E-state index contributed by atoms with van der Waals surface area (Å²) in [4.78, 5) is 25.3. The minimum atomic E-state index is -0.733. The molecule has 6 heteroatoms. The van der Waals surface area contributed by atoms with E-state index in [2.05, 4.69) is 0 Å². The molecule has 3 rings (SSSR count). The maximum atomic E-state index is 12.8. The zero-order valence-electron chi connectivity index (χ0n) is 15.4. The van der Waals surface area contributed by atoms with Gasteiger partial charge in [0.15, 0.2) is 11.5 Å². The number of carbonyl (C=O) groups is 2. The van der Waals surface area contributed by atoms with Gasteiger partial charge < -0.3 is 18.9 Å². The van der Waals surface area contributed by atoms with E-state index in [0.717, 1.165) is 0 Å². The molecule has 0 spiro atoms. The van der Waals surface area contributed by atoms with Crippen LogP contribution in [0.25, 0.3) is 0 Å². The van der Waals surface area contributed by atoms with Gasteiger partial charge in [-0.05, 0) is 36.4 Å². The molecule has 0 radical (unpaired) electrons. The molecular formula is C22H18O6. The summed E-state index contributed by atoms with van der Waals surface area (Å²) in [5, 5.41) is 0. The van der Waals surface area contributed by atoms with Crippen molar-refractivity contribution in [1.82, 2.24) is 0 Å². The number of hydrogen-bond acceptors (Lipinski definition) is 6. The number of methoxy groups -OCH3 is 2. The average Bonchev–Trinajstić information content (AvgIpc) is 2.74. The first-order chi connectivity index (χ1) is 13.6. The average molecular weight is 378 g/mol. The van der Waals surface area contributed by atoms with E-state index >= 15 is 0 Å². The van der Waals surface area contributed by atoms with Gasteiger partial charge in [0, 0.05) is 0 Å². The Morgan fingerprint density at radius 2 is 1.11 bits per heavy atom. The molecular weight excluding hydrogens is 360 g/mol. The Morgan fingerprint density at radius 3 is 1.64 bits per heavy atom. The van der Waals surface area contributed by atoms with Crippen LogP contribution in [0.3, 0.4) is 0 Å². The van der Waals surface area contributed by atoms with Crippen LogP contribution >= 0.6 is 0 Å². The first kappa shape index (κ1) is 19.0. The monoisotopic (exact) mass is 378 g/mol. The molecule has 0 aliphatic heterocycles. The molecule has 0 aliphatic rings. The molecule has 0 aromatic heterocycles. The van der Waals surface area contributed by atoms with Gasteiger partial charge in [-0.15, -0.1) is 0 Å². The molecule has 0 saturated heterocycles. The number of rotatable bonds is 6. The van der Waals surface area contributed by atoms with Crippen molar-refractivity contribution in [2.24, 2.45) is 0 Å². The van der Waals surface area contributed by atoms with Gasteiger partial charge in [0.25, 0.3) is 0 Å². The highest BCUT2D eigenvalue weighted by Crippen LogP contribution is 2.37. The van der Waals surface area contributed by atoms with Crippen molar-refractivity contribution >= 4 is 11.9 Å². The third-order valence-electron chi connectivity index (χ3n) is 3.90. The topological polar surface area (TPSA) is 71.1 Å². The predicted octanol–water partition coefficient (Wildman–Crippen LogP) is 4.14. The second-order valence-electron chi connectivity index (χ2n) is 5.63. The van der Waals surface area contributed by atoms with Crippen LogP contribution in [0.4, 0.5) is 0 Å². The van der Waals surface area contributed by atoms with Crippen molar-refractivity contribution in [2.45, 2.75) is 0 Å². The van der Waals surface area contributed by atoms with E-state index in [1.54, 1.807) is 54.6 Å². The lowest BCUT2D eigenvalue weighted by Crippen LogP contribution is -2.18. The van der Waals surface area contributed by atoms with Crippen LogP contribution in [0.5, 0.6) is 23.0 Å². The van der Waals surface area contributed by atoms with E-state index in [0.29, 0.717) is 17.2 Å². The summed E-state index contributed by atoms with van der Waals surface area (Å²) < 4.78 is 21.3. The quantitative estimate of drug-likeness (QED) is 0.474. The van der Waals surface area contributed by atoms with Crippen molar-refractivity contribution in [2.75, 3.05) is 14.2 Å². The summed E-state index contributed by atoms with van der Waals surface area (Å²) >= 11 is 0. The second-order valence-corrected chi connectivity index (χ2v) is 5.63. The fourth-order valence-electron chi connectivity index (χ4n) is 2.56. The van der Waals surface area contributed by atoms with E-state index in [1.165, 1.54) is 26.4 Å². The normalized spacial score (nSPS) is 10.1. The van der Waals surface area contributed by atoms with E-state index in [-0.39, 0.29) is 16.9 Å². The first-order valence-corrected chi connectivity index (χ1v) is 8.43. The lowest BCUT2D eigenvalue weighted by molar-refractivity contribution is 0.0687. The van der Waals surface area contributed by atoms with E-state index in [9.17, 15) is 9.59 Å². The summed E-state index contributed by atoms with van der Waals surface area (Å²) in [5.41, 5.74) is 0.154. The van der Waals surface area contributed by atoms with Gasteiger partial charge in [-0.25, -0.2) is 9.59 Å². The number of para-hydroxylation sites is 2. The number of hydrogen-bond donors (Lipinski definition) is 0. The van der Waals surface area contributed by atoms with Gasteiger partial charge >= 0.3 is 11.9 Å². The number of benzene rings is 3. The van der Waals surface area contributed by atoms with Gasteiger partial charge in [-0.3, -0.25) is 0 Å². The summed E-state index contributed by atoms with van der Waals surface area (Å²) in [7, 11) is 2.91. The third-order valence-corrected chi connectivity index (χ3v) is 3.90. The van der Waals surface area contributed by atoms with Crippen molar-refractivity contribution in [1.29, 1.82) is 0 Å². The van der Waals surface area contributed by atoms with Crippen LogP contribution in [-0.2, 0) is 0 Å². The molecule has 0 saturated carbocycles. The molecule has 3 aromatic carbocycles. The predicted molar refractivity (Wildman–Crippen MR) is 102 cm³/mol. The number of carbonyl (C=O) groups excluding carboxylic acids is 2. The fourth-order valence-corrected chi connectivity index (χ4v) is 2.56. The van der Waals surface area contributed by atoms with E-state index in [4.69, 9.17) is 18.9 Å². The maximum absolute atomic E-state index is 12.8. The minimum absolute atomic E-state index is 0.0661. The molecule has 0 heterocycles. The van der Waals surface area contributed by atoms with Crippen molar-refractivity contribution < 1.29 is 28.5 Å². The van der Waals surface area contributed by atoms with Crippen molar-refractivity contribution in [3.05, 3.63) is 83.9 Å². The third kappa shape index (κ3) is 4.12. The van der Waals surface area contributed by atoms with Crippen LogP contribution in [0, 0.1) is 0 Å². The van der Waals surface area contributed by atoms with Gasteiger partial charge in [0.1, 0.15) is 5.75 Å². The lowest BCUT2D eigenvalue weighted by Gasteiger charge is -2.14. The second kappa shape index (κ2) is 8.73. The largest absolute Gasteiger partial charge is 0.493 e. The van der Waals surface area contributed by atoms with Gasteiger partial charge in [-0.1, -0.05) is 36.4 Å². The highest BCUT2D eigenvalue weighted by Gasteiger charge is 2.23. The van der Waals surface area contributed by atoms with Crippen LogP contribution in [-0.4, -0.2) is 26.2 Å². The lowest BCUT2D eigenvalue weighted by atomic mass is 10.1. The number of esters is 2. The van der Waals surface area contributed by atoms with Gasteiger partial charge in [-0.2, -0.15) is 0 Å². The van der Waals surface area contributed by atoms with E-state index < -0.39 is 11.9 Å². The Labute approximate surface area is 162 Å². The van der Waals surface area contributed by atoms with E-state index in [1.807, 2.05) is 6.07 Å². The van der Waals surface area contributed by atoms with Crippen LogP contribution < -0.4 is 18.9 Å². The standard InChI is InChI=1S/C22H18O6/c1-25-18-13-8-14-19(26-2)20(18)28-22(24)17-12-7-6-11-16(17)21(23)27-15-9-4-3-5-10-15/h3-14H,1-2H3. The Balaban J connectivity index is 1.89. The molecule has 0 bridgehead atoms. The first-order valence-electron chi connectivity index (χ1n) is 8.43. The number of ether oxygens (including phenoxy) is 4. The van der Waals surface area contributed by atoms with Crippen molar-refractivity contribution in [3.63, 3.8) is 0 Å². The minimum Gasteiger partial charge on any atom is -0.493 e. The summed E-state index contributed by atoms with van der Waals surface area (Å²) in [5.74, 6) is -0.228. The highest BCUT2D eigenvalue weighted by atomic mass is 16.6. The molecule has 0 aliphatic carbocycles. The molecule has 0 fully saturated rings. The molecule has 0 amide bonds. The van der Waals surface area contributed by atoms with Gasteiger partial charge in [0.2, 0.25) is 5.75 Å². The maximum Gasteiger partial charge on any atom is 0.344 e. The van der Waals surface area contributed by atoms with Gasteiger partial charge in [0.05, 0.1) is 25.3 Å². The SMILES string of the molecule is COc1cccc(OC)c1OC(=O)c1ccccc1C(=O)Oc1ccccc1. The molecule has 0 N–H and O–H groups in total. The zero-order chi connectivity index (χ0) is 19.9. The Morgan fingerprint density at radius 1 is 0.607 bits per heavy atom. The smallest absolute Gasteiger partial charge is 0.344 e. The molecule has 0 atom stereocenters. The zero-order valence-corrected chi connectivity index (χ0v) is 15.4. The molecule has 3 aromatic rings. The van der Waals surface area contributed by atoms with Crippen LogP contribution in [0.1, 0.15) is 20.7 Å². The molecule has 142 valence electrons. The highest BCUT2D eigenvalue weighted by molar-refractivity contribution is 6.04. The van der Waals surface area contributed by atoms with Crippen molar-refractivity contribution in [3.8, 4) is 23.0 Å². The summed E-state index contributed by atoms with van der Waals surface area (Å²) in [6, 6.07) is 19.9. The molecule has 28 heavy (non-hydrogen) atoms. The summed E-state index contributed by atoms with van der Waals surface area (Å²) in [6.45, 7) is 0. The fraction of sp³-hybridized carbons (Fsp3) is 0.0909. The molecule has 0 unspecified atom stereocenters. The Hall–Kier alpha value is -3.80. The molecule has 6 nitrogen and oxygen atoms in total. The van der Waals surface area contributed by atoms with Crippen LogP contribution in [0.15, 0.2) is 72.8 Å².